The molecule has 4 rings (SSSR count). The topological polar surface area (TPSA) is 100 Å². The van der Waals surface area contributed by atoms with E-state index in [0.29, 0.717) is 40.2 Å². The fourth-order valence-corrected chi connectivity index (χ4v) is 4.18. The van der Waals surface area contributed by atoms with Gasteiger partial charge in [-0.3, -0.25) is 9.59 Å². The molecule has 1 amide bonds. The van der Waals surface area contributed by atoms with Gasteiger partial charge < -0.3 is 14.8 Å². The Morgan fingerprint density at radius 1 is 1.03 bits per heavy atom. The van der Waals surface area contributed by atoms with Gasteiger partial charge in [-0.15, -0.1) is 0 Å². The predicted octanol–water partition coefficient (Wildman–Crippen LogP) is 3.48. The standard InChI is InChI=1S/C26H29N5O4/c1-6-20(25(32)27-15-18-12-13-21(34-4)22(14-18)35-5)31-26(33)23-17(3)30(19-10-8-7-9-11-19)29-24(23)16(2)28-31/h7-14,20H,6,15H2,1-5H3,(H,27,32)/t20-/m0/s1. The Hall–Kier alpha value is -4.14. The molecular formula is C26H29N5O4. The summed E-state index contributed by atoms with van der Waals surface area (Å²) >= 11 is 0. The number of carbonyl (C=O) groups is 1. The lowest BCUT2D eigenvalue weighted by molar-refractivity contribution is -0.125. The fourth-order valence-electron chi connectivity index (χ4n) is 4.18. The normalized spacial score (nSPS) is 11.9. The molecule has 0 aliphatic heterocycles. The van der Waals surface area contributed by atoms with Crippen LogP contribution >= 0.6 is 0 Å². The van der Waals surface area contributed by atoms with E-state index >= 15 is 0 Å². The number of methoxy groups -OCH3 is 2. The molecule has 2 aromatic heterocycles. The summed E-state index contributed by atoms with van der Waals surface area (Å²) in [7, 11) is 3.13. The number of rotatable bonds is 8. The third-order valence-electron chi connectivity index (χ3n) is 6.04. The van der Waals surface area contributed by atoms with Crippen molar-refractivity contribution in [1.29, 1.82) is 0 Å². The molecule has 0 unspecified atom stereocenters. The number of nitrogens with one attached hydrogen (secondary N) is 1. The smallest absolute Gasteiger partial charge is 0.278 e. The molecule has 0 saturated carbocycles. The SMILES string of the molecule is CC[C@@H](C(=O)NCc1ccc(OC)c(OC)c1)n1nc(C)c2nn(-c3ccccc3)c(C)c2c1=O. The molecule has 1 atom stereocenters. The monoisotopic (exact) mass is 475 g/mol. The van der Waals surface area contributed by atoms with Gasteiger partial charge in [0.1, 0.15) is 11.6 Å². The molecule has 4 aromatic rings. The maximum Gasteiger partial charge on any atom is 0.278 e. The molecule has 182 valence electrons. The third kappa shape index (κ3) is 4.49. The van der Waals surface area contributed by atoms with Crippen molar-refractivity contribution < 1.29 is 14.3 Å². The van der Waals surface area contributed by atoms with E-state index in [1.807, 2.05) is 56.3 Å². The molecule has 0 saturated heterocycles. The molecule has 0 aliphatic carbocycles. The van der Waals surface area contributed by atoms with Crippen LogP contribution in [0.1, 0.15) is 36.3 Å². The van der Waals surface area contributed by atoms with Gasteiger partial charge in [-0.1, -0.05) is 31.2 Å². The summed E-state index contributed by atoms with van der Waals surface area (Å²) in [6.07, 6.45) is 0.404. The van der Waals surface area contributed by atoms with Crippen molar-refractivity contribution in [3.8, 4) is 17.2 Å². The van der Waals surface area contributed by atoms with Gasteiger partial charge >= 0.3 is 0 Å². The summed E-state index contributed by atoms with van der Waals surface area (Å²) in [5.74, 6) is 0.903. The van der Waals surface area contributed by atoms with Crippen LogP contribution in [0.4, 0.5) is 0 Å². The summed E-state index contributed by atoms with van der Waals surface area (Å²) in [5, 5.41) is 12.5. The molecule has 0 bridgehead atoms. The Kier molecular flexibility index (Phi) is 6.86. The van der Waals surface area contributed by atoms with Crippen LogP contribution in [-0.4, -0.2) is 39.7 Å². The Morgan fingerprint density at radius 3 is 2.40 bits per heavy atom. The third-order valence-corrected chi connectivity index (χ3v) is 6.04. The van der Waals surface area contributed by atoms with E-state index in [1.54, 1.807) is 31.9 Å². The van der Waals surface area contributed by atoms with Gasteiger partial charge in [0.15, 0.2) is 11.5 Å². The van der Waals surface area contributed by atoms with Crippen LogP contribution in [-0.2, 0) is 11.3 Å². The van der Waals surface area contributed by atoms with Gasteiger partial charge in [-0.25, -0.2) is 9.36 Å². The second-order valence-corrected chi connectivity index (χ2v) is 8.22. The van der Waals surface area contributed by atoms with E-state index in [4.69, 9.17) is 9.47 Å². The minimum Gasteiger partial charge on any atom is -0.493 e. The number of carbonyl (C=O) groups excluding carboxylic acids is 1. The van der Waals surface area contributed by atoms with Crippen LogP contribution in [0.5, 0.6) is 11.5 Å². The number of aryl methyl sites for hydroxylation is 2. The largest absolute Gasteiger partial charge is 0.493 e. The van der Waals surface area contributed by atoms with Crippen molar-refractivity contribution in [3.63, 3.8) is 0 Å². The van der Waals surface area contributed by atoms with Gasteiger partial charge in [0.25, 0.3) is 5.56 Å². The zero-order valence-electron chi connectivity index (χ0n) is 20.5. The molecule has 2 aromatic carbocycles. The highest BCUT2D eigenvalue weighted by Gasteiger charge is 2.25. The average molecular weight is 476 g/mol. The number of hydrogen-bond donors (Lipinski definition) is 1. The van der Waals surface area contributed by atoms with Crippen molar-refractivity contribution in [3.05, 3.63) is 75.8 Å². The summed E-state index contributed by atoms with van der Waals surface area (Å²) in [6.45, 7) is 5.78. The second kappa shape index (κ2) is 10.0. The highest BCUT2D eigenvalue weighted by molar-refractivity contribution is 5.84. The number of benzene rings is 2. The Balaban J connectivity index is 1.65. The Labute approximate surface area is 203 Å². The molecule has 1 N–H and O–H groups in total. The van der Waals surface area contributed by atoms with Crippen molar-refractivity contribution >= 4 is 16.8 Å². The lowest BCUT2D eigenvalue weighted by atomic mass is 10.1. The molecule has 2 heterocycles. The molecule has 0 fully saturated rings. The molecule has 0 aliphatic rings. The van der Waals surface area contributed by atoms with Crippen molar-refractivity contribution in [2.75, 3.05) is 14.2 Å². The van der Waals surface area contributed by atoms with Crippen LogP contribution in [0.3, 0.4) is 0 Å². The lowest BCUT2D eigenvalue weighted by Crippen LogP contribution is -2.38. The highest BCUT2D eigenvalue weighted by atomic mass is 16.5. The van der Waals surface area contributed by atoms with Gasteiger partial charge in [0.2, 0.25) is 5.91 Å². The first-order valence-electron chi connectivity index (χ1n) is 11.4. The average Bonchev–Trinajstić information content (AvgIpc) is 3.24. The summed E-state index contributed by atoms with van der Waals surface area (Å²) < 4.78 is 13.6. The van der Waals surface area contributed by atoms with Gasteiger partial charge in [0.05, 0.1) is 36.7 Å². The fraction of sp³-hybridized carbons (Fsp3) is 0.308. The molecule has 0 spiro atoms. The Bertz CT molecular complexity index is 1430. The van der Waals surface area contributed by atoms with Gasteiger partial charge in [-0.05, 0) is 50.1 Å². The van der Waals surface area contributed by atoms with Crippen LogP contribution in [0, 0.1) is 13.8 Å². The van der Waals surface area contributed by atoms with Crippen LogP contribution < -0.4 is 20.3 Å². The maximum atomic E-state index is 13.5. The molecule has 9 nitrogen and oxygen atoms in total. The molecular weight excluding hydrogens is 446 g/mol. The van der Waals surface area contributed by atoms with Crippen LogP contribution in [0.25, 0.3) is 16.6 Å². The predicted molar refractivity (Wildman–Crippen MR) is 133 cm³/mol. The summed E-state index contributed by atoms with van der Waals surface area (Å²) in [4.78, 5) is 26.7. The first-order chi connectivity index (χ1) is 16.9. The van der Waals surface area contributed by atoms with Crippen LogP contribution in [0.2, 0.25) is 0 Å². The van der Waals surface area contributed by atoms with Crippen molar-refractivity contribution in [2.45, 2.75) is 39.8 Å². The molecule has 9 heteroatoms. The summed E-state index contributed by atoms with van der Waals surface area (Å²) in [6, 6.07) is 14.3. The minimum atomic E-state index is -0.759. The van der Waals surface area contributed by atoms with Crippen molar-refractivity contribution in [2.24, 2.45) is 0 Å². The number of aromatic nitrogens is 4. The van der Waals surface area contributed by atoms with Crippen LogP contribution in [0.15, 0.2) is 53.3 Å². The highest BCUT2D eigenvalue weighted by Crippen LogP contribution is 2.27. The van der Waals surface area contributed by atoms with E-state index < -0.39 is 6.04 Å². The van der Waals surface area contributed by atoms with Gasteiger partial charge in [0, 0.05) is 6.54 Å². The quantitative estimate of drug-likeness (QED) is 0.419. The molecule has 35 heavy (non-hydrogen) atoms. The second-order valence-electron chi connectivity index (χ2n) is 8.22. The minimum absolute atomic E-state index is 0.274. The van der Waals surface area contributed by atoms with Gasteiger partial charge in [-0.2, -0.15) is 10.2 Å². The number of fused-ring (bicyclic) bond motifs is 1. The first-order valence-corrected chi connectivity index (χ1v) is 11.4. The summed E-state index contributed by atoms with van der Waals surface area (Å²) in [5.41, 5.74) is 3.19. The van der Waals surface area contributed by atoms with E-state index in [-0.39, 0.29) is 18.0 Å². The number of ether oxygens (including phenoxy) is 2. The Morgan fingerprint density at radius 2 is 1.74 bits per heavy atom. The van der Waals surface area contributed by atoms with E-state index in [1.165, 1.54) is 4.68 Å². The number of nitrogens with zero attached hydrogens (tertiary/aromatic N) is 4. The van der Waals surface area contributed by atoms with E-state index in [9.17, 15) is 9.59 Å². The van der Waals surface area contributed by atoms with E-state index in [2.05, 4.69) is 15.5 Å². The number of hydrogen-bond acceptors (Lipinski definition) is 6. The molecule has 0 radical (unpaired) electrons. The maximum absolute atomic E-state index is 13.5. The number of amides is 1. The van der Waals surface area contributed by atoms with Crippen molar-refractivity contribution in [1.82, 2.24) is 24.9 Å². The van der Waals surface area contributed by atoms with E-state index in [0.717, 1.165) is 11.3 Å². The number of para-hydroxylation sites is 1. The zero-order valence-corrected chi connectivity index (χ0v) is 20.5. The zero-order chi connectivity index (χ0) is 25.1. The lowest BCUT2D eigenvalue weighted by Gasteiger charge is -2.18. The first kappa shape index (κ1) is 24.0.